The molecule has 0 aromatic heterocycles. The van der Waals surface area contributed by atoms with Crippen molar-refractivity contribution in [2.45, 2.75) is 70.1 Å². The maximum atomic E-state index is 12.9. The molecule has 26 heavy (non-hydrogen) atoms. The van der Waals surface area contributed by atoms with Crippen LogP contribution in [0.15, 0.2) is 0 Å². The summed E-state index contributed by atoms with van der Waals surface area (Å²) in [6.07, 6.45) is 8.82. The van der Waals surface area contributed by atoms with Gasteiger partial charge >= 0.3 is 0 Å². The molecule has 1 aliphatic carbocycles. The van der Waals surface area contributed by atoms with Gasteiger partial charge in [-0.1, -0.05) is 25.7 Å². The first-order chi connectivity index (χ1) is 12.4. The van der Waals surface area contributed by atoms with Crippen LogP contribution in [-0.4, -0.2) is 57.8 Å². The average molecular weight is 401 g/mol. The van der Waals surface area contributed by atoms with Gasteiger partial charge in [0.25, 0.3) is 0 Å². The van der Waals surface area contributed by atoms with Gasteiger partial charge in [-0.05, 0) is 39.0 Å². The number of alkyl halides is 1. The monoisotopic (exact) mass is 400 g/mol. The Morgan fingerprint density at radius 2 is 1.81 bits per heavy atom. The Morgan fingerprint density at radius 1 is 1.15 bits per heavy atom. The first-order valence-electron chi connectivity index (χ1n) is 10.2. The highest BCUT2D eigenvalue weighted by Gasteiger charge is 2.47. The van der Waals surface area contributed by atoms with Crippen LogP contribution in [0.5, 0.6) is 0 Å². The summed E-state index contributed by atoms with van der Waals surface area (Å²) in [4.78, 5) is 29.6. The summed E-state index contributed by atoms with van der Waals surface area (Å²) in [6, 6.07) is 0. The van der Waals surface area contributed by atoms with Crippen LogP contribution in [0.3, 0.4) is 0 Å². The first-order valence-corrected chi connectivity index (χ1v) is 11.7. The molecular weight excluding hydrogens is 368 g/mol. The van der Waals surface area contributed by atoms with Gasteiger partial charge in [0.05, 0.1) is 10.3 Å². The van der Waals surface area contributed by atoms with E-state index in [0.29, 0.717) is 18.2 Å². The molecule has 0 unspecified atom stereocenters. The fourth-order valence-corrected chi connectivity index (χ4v) is 6.27. The molecule has 3 rings (SSSR count). The van der Waals surface area contributed by atoms with Crippen molar-refractivity contribution in [2.24, 2.45) is 11.3 Å². The summed E-state index contributed by atoms with van der Waals surface area (Å²) < 4.78 is 0. The Hall–Kier alpha value is -0.420. The number of hydrogen-bond acceptors (Lipinski definition) is 3. The standard InChI is InChI=1S/C20H33ClN2O2S/c1-19(2,15-21)18(25)22-11-9-20(10-12-22)23(13-14-26-20)17(24)8-7-16-5-3-4-6-16/h16H,3-15H2,1-2H3. The lowest BCUT2D eigenvalue weighted by molar-refractivity contribution is -0.142. The Kier molecular flexibility index (Phi) is 6.49. The summed E-state index contributed by atoms with van der Waals surface area (Å²) in [7, 11) is 0. The van der Waals surface area contributed by atoms with Crippen LogP contribution in [0, 0.1) is 11.3 Å². The van der Waals surface area contributed by atoms with Crippen molar-refractivity contribution < 1.29 is 9.59 Å². The van der Waals surface area contributed by atoms with Crippen molar-refractivity contribution >= 4 is 35.2 Å². The van der Waals surface area contributed by atoms with Crippen LogP contribution in [0.1, 0.15) is 65.2 Å². The van der Waals surface area contributed by atoms with E-state index in [1.807, 2.05) is 30.5 Å². The number of rotatable bonds is 5. The molecular formula is C20H33ClN2O2S. The zero-order valence-corrected chi connectivity index (χ0v) is 17.8. The fourth-order valence-electron chi connectivity index (χ4n) is 4.68. The molecule has 3 fully saturated rings. The minimum Gasteiger partial charge on any atom is -0.342 e. The van der Waals surface area contributed by atoms with Crippen molar-refractivity contribution in [1.29, 1.82) is 0 Å². The van der Waals surface area contributed by atoms with Gasteiger partial charge in [0.2, 0.25) is 11.8 Å². The van der Waals surface area contributed by atoms with Crippen molar-refractivity contribution in [3.8, 4) is 0 Å². The topological polar surface area (TPSA) is 40.6 Å². The van der Waals surface area contributed by atoms with E-state index in [0.717, 1.165) is 50.6 Å². The molecule has 148 valence electrons. The van der Waals surface area contributed by atoms with Crippen LogP contribution >= 0.6 is 23.4 Å². The molecule has 2 aliphatic heterocycles. The summed E-state index contributed by atoms with van der Waals surface area (Å²) in [5.41, 5.74) is -0.508. The molecule has 6 heteroatoms. The SMILES string of the molecule is CC(C)(CCl)C(=O)N1CCC2(CC1)SCCN2C(=O)CCC1CCCC1. The predicted octanol–water partition coefficient (Wildman–Crippen LogP) is 4.12. The summed E-state index contributed by atoms with van der Waals surface area (Å²) in [6.45, 7) is 6.16. The normalized spacial score (nSPS) is 23.8. The largest absolute Gasteiger partial charge is 0.342 e. The highest BCUT2D eigenvalue weighted by atomic mass is 35.5. The molecule has 0 radical (unpaired) electrons. The third-order valence-electron chi connectivity index (χ3n) is 6.46. The van der Waals surface area contributed by atoms with Gasteiger partial charge < -0.3 is 9.80 Å². The second kappa shape index (κ2) is 8.30. The van der Waals surface area contributed by atoms with Gasteiger partial charge in [-0.15, -0.1) is 23.4 Å². The van der Waals surface area contributed by atoms with E-state index in [1.54, 1.807) is 0 Å². The van der Waals surface area contributed by atoms with E-state index < -0.39 is 5.41 Å². The van der Waals surface area contributed by atoms with Crippen LogP contribution in [0.4, 0.5) is 0 Å². The van der Waals surface area contributed by atoms with Crippen molar-refractivity contribution in [3.63, 3.8) is 0 Å². The van der Waals surface area contributed by atoms with Crippen molar-refractivity contribution in [2.75, 3.05) is 31.3 Å². The summed E-state index contributed by atoms with van der Waals surface area (Å²) in [5.74, 6) is 2.61. The minimum atomic E-state index is -0.508. The van der Waals surface area contributed by atoms with E-state index in [-0.39, 0.29) is 10.8 Å². The lowest BCUT2D eigenvalue weighted by Gasteiger charge is -2.45. The molecule has 2 saturated heterocycles. The van der Waals surface area contributed by atoms with Gasteiger partial charge in [-0.3, -0.25) is 9.59 Å². The van der Waals surface area contributed by atoms with E-state index >= 15 is 0 Å². The van der Waals surface area contributed by atoms with Gasteiger partial charge in [-0.25, -0.2) is 0 Å². The average Bonchev–Trinajstić information content (AvgIpc) is 3.30. The highest BCUT2D eigenvalue weighted by molar-refractivity contribution is 8.00. The maximum Gasteiger partial charge on any atom is 0.229 e. The fraction of sp³-hybridized carbons (Fsp3) is 0.900. The Balaban J connectivity index is 1.56. The number of nitrogens with zero attached hydrogens (tertiary/aromatic N) is 2. The molecule has 2 amide bonds. The van der Waals surface area contributed by atoms with E-state index in [1.165, 1.54) is 25.7 Å². The molecule has 1 spiro atoms. The number of halogens is 1. The lowest BCUT2D eigenvalue weighted by atomic mass is 9.92. The van der Waals surface area contributed by atoms with Crippen LogP contribution in [0.25, 0.3) is 0 Å². The molecule has 1 saturated carbocycles. The molecule has 0 bridgehead atoms. The first kappa shape index (κ1) is 20.3. The van der Waals surface area contributed by atoms with Crippen LogP contribution in [0.2, 0.25) is 0 Å². The molecule has 0 aromatic rings. The van der Waals surface area contributed by atoms with Gasteiger partial charge in [0.1, 0.15) is 0 Å². The molecule has 0 atom stereocenters. The van der Waals surface area contributed by atoms with Gasteiger partial charge in [0.15, 0.2) is 0 Å². The Labute approximate surface area is 167 Å². The molecule has 3 aliphatic rings. The van der Waals surface area contributed by atoms with E-state index in [2.05, 4.69) is 4.90 Å². The van der Waals surface area contributed by atoms with Crippen LogP contribution in [-0.2, 0) is 9.59 Å². The zero-order valence-electron chi connectivity index (χ0n) is 16.3. The molecule has 2 heterocycles. The maximum absolute atomic E-state index is 12.9. The van der Waals surface area contributed by atoms with E-state index in [4.69, 9.17) is 11.6 Å². The number of amides is 2. The highest BCUT2D eigenvalue weighted by Crippen LogP contribution is 2.45. The van der Waals surface area contributed by atoms with Gasteiger partial charge in [0, 0.05) is 37.7 Å². The van der Waals surface area contributed by atoms with E-state index in [9.17, 15) is 9.59 Å². The summed E-state index contributed by atoms with van der Waals surface area (Å²) >= 11 is 7.90. The second-order valence-corrected chi connectivity index (χ2v) is 10.6. The Bertz CT molecular complexity index is 526. The van der Waals surface area contributed by atoms with Crippen molar-refractivity contribution in [1.82, 2.24) is 9.80 Å². The third-order valence-corrected chi connectivity index (χ3v) is 8.69. The molecule has 0 N–H and O–H groups in total. The number of carbonyl (C=O) groups excluding carboxylic acids is 2. The Morgan fingerprint density at radius 3 is 2.42 bits per heavy atom. The number of likely N-dealkylation sites (tertiary alicyclic amines) is 1. The number of piperidine rings is 1. The van der Waals surface area contributed by atoms with Crippen LogP contribution < -0.4 is 0 Å². The minimum absolute atomic E-state index is 0.0748. The summed E-state index contributed by atoms with van der Waals surface area (Å²) in [5, 5.41) is 0. The quantitative estimate of drug-likeness (QED) is 0.652. The smallest absolute Gasteiger partial charge is 0.229 e. The molecule has 4 nitrogen and oxygen atoms in total. The van der Waals surface area contributed by atoms with Crippen molar-refractivity contribution in [3.05, 3.63) is 0 Å². The third kappa shape index (κ3) is 4.19. The predicted molar refractivity (Wildman–Crippen MR) is 108 cm³/mol. The second-order valence-electron chi connectivity index (χ2n) is 8.84. The number of carbonyl (C=O) groups is 2. The number of thioether (sulfide) groups is 1. The molecule has 0 aromatic carbocycles. The number of hydrogen-bond donors (Lipinski definition) is 0. The lowest BCUT2D eigenvalue weighted by Crippen LogP contribution is -2.55. The van der Waals surface area contributed by atoms with Gasteiger partial charge in [-0.2, -0.15) is 0 Å². The zero-order chi connectivity index (χ0) is 18.8.